The first kappa shape index (κ1) is 13.2. The van der Waals surface area contributed by atoms with E-state index in [0.29, 0.717) is 18.5 Å². The lowest BCUT2D eigenvalue weighted by Gasteiger charge is -2.31. The monoisotopic (exact) mass is 199 g/mol. The van der Waals surface area contributed by atoms with Crippen LogP contribution in [0.3, 0.4) is 0 Å². The minimum absolute atomic E-state index is 0.0999. The summed E-state index contributed by atoms with van der Waals surface area (Å²) >= 11 is 0. The molecular weight excluding hydrogens is 178 g/mol. The van der Waals surface area contributed by atoms with E-state index in [1.807, 2.05) is 4.90 Å². The molecule has 1 atom stereocenters. The topological polar surface area (TPSA) is 40.5 Å². The Morgan fingerprint density at radius 1 is 1.57 bits per heavy atom. The van der Waals surface area contributed by atoms with Crippen molar-refractivity contribution < 1.29 is 9.90 Å². The molecule has 0 amide bonds. The molecule has 14 heavy (non-hydrogen) atoms. The standard InChI is InChI=1S/C11H21NO2/c1-5-7-12(8-11(13)14)10(6-2)9(3)4/h5,9-10H,1,6-8H2,2-4H3,(H,13,14). The quantitative estimate of drug-likeness (QED) is 0.637. The van der Waals surface area contributed by atoms with Crippen molar-refractivity contribution in [2.24, 2.45) is 5.92 Å². The number of rotatable bonds is 7. The zero-order valence-corrected chi connectivity index (χ0v) is 9.36. The average molecular weight is 199 g/mol. The summed E-state index contributed by atoms with van der Waals surface area (Å²) in [5, 5.41) is 8.76. The highest BCUT2D eigenvalue weighted by atomic mass is 16.4. The van der Waals surface area contributed by atoms with Crippen LogP contribution < -0.4 is 0 Å². The van der Waals surface area contributed by atoms with Gasteiger partial charge in [0.2, 0.25) is 0 Å². The maximum atomic E-state index is 10.7. The van der Waals surface area contributed by atoms with Gasteiger partial charge in [0.05, 0.1) is 6.54 Å². The van der Waals surface area contributed by atoms with Crippen LogP contribution in [0, 0.1) is 5.92 Å². The molecule has 0 saturated heterocycles. The van der Waals surface area contributed by atoms with E-state index in [1.165, 1.54) is 0 Å². The zero-order valence-electron chi connectivity index (χ0n) is 9.36. The minimum Gasteiger partial charge on any atom is -0.480 e. The van der Waals surface area contributed by atoms with Crippen LogP contribution in [-0.2, 0) is 4.79 Å². The highest BCUT2D eigenvalue weighted by Crippen LogP contribution is 2.13. The molecule has 0 aliphatic rings. The third-order valence-electron chi connectivity index (χ3n) is 2.36. The second-order valence-corrected chi connectivity index (χ2v) is 3.83. The minimum atomic E-state index is -0.772. The molecule has 82 valence electrons. The van der Waals surface area contributed by atoms with Crippen LogP contribution >= 0.6 is 0 Å². The highest BCUT2D eigenvalue weighted by Gasteiger charge is 2.20. The first-order valence-corrected chi connectivity index (χ1v) is 5.09. The average Bonchev–Trinajstić information content (AvgIpc) is 2.03. The van der Waals surface area contributed by atoms with Crippen molar-refractivity contribution in [1.29, 1.82) is 0 Å². The van der Waals surface area contributed by atoms with E-state index in [0.717, 1.165) is 6.42 Å². The van der Waals surface area contributed by atoms with Gasteiger partial charge in [0.15, 0.2) is 0 Å². The van der Waals surface area contributed by atoms with E-state index in [9.17, 15) is 4.79 Å². The van der Waals surface area contributed by atoms with Crippen LogP contribution in [0.4, 0.5) is 0 Å². The Morgan fingerprint density at radius 2 is 2.14 bits per heavy atom. The van der Waals surface area contributed by atoms with Gasteiger partial charge in [0.1, 0.15) is 0 Å². The van der Waals surface area contributed by atoms with Gasteiger partial charge < -0.3 is 5.11 Å². The molecule has 0 aromatic heterocycles. The van der Waals surface area contributed by atoms with Crippen molar-refractivity contribution in [1.82, 2.24) is 4.90 Å². The van der Waals surface area contributed by atoms with Gasteiger partial charge >= 0.3 is 5.97 Å². The number of hydrogen-bond donors (Lipinski definition) is 1. The second-order valence-electron chi connectivity index (χ2n) is 3.83. The molecule has 0 aliphatic heterocycles. The maximum absolute atomic E-state index is 10.7. The number of carboxylic acids is 1. The van der Waals surface area contributed by atoms with Gasteiger partial charge in [0.25, 0.3) is 0 Å². The fourth-order valence-corrected chi connectivity index (χ4v) is 1.81. The number of carboxylic acid groups (broad SMARTS) is 1. The van der Waals surface area contributed by atoms with Gasteiger partial charge in [-0.2, -0.15) is 0 Å². The van der Waals surface area contributed by atoms with Gasteiger partial charge in [-0.15, -0.1) is 6.58 Å². The summed E-state index contributed by atoms with van der Waals surface area (Å²) in [6.45, 7) is 10.7. The largest absolute Gasteiger partial charge is 0.480 e. The Labute approximate surface area is 86.4 Å². The molecular formula is C11H21NO2. The molecule has 0 heterocycles. The molecule has 0 fully saturated rings. The van der Waals surface area contributed by atoms with Gasteiger partial charge in [-0.05, 0) is 12.3 Å². The van der Waals surface area contributed by atoms with E-state index in [4.69, 9.17) is 5.11 Å². The predicted octanol–water partition coefficient (Wildman–Crippen LogP) is 1.99. The third-order valence-corrected chi connectivity index (χ3v) is 2.36. The van der Waals surface area contributed by atoms with Crippen molar-refractivity contribution in [2.75, 3.05) is 13.1 Å². The zero-order chi connectivity index (χ0) is 11.1. The summed E-state index contributed by atoms with van der Waals surface area (Å²) in [5.41, 5.74) is 0. The SMILES string of the molecule is C=CCN(CC(=O)O)C(CC)C(C)C. The molecule has 0 aromatic carbocycles. The first-order valence-electron chi connectivity index (χ1n) is 5.09. The molecule has 0 radical (unpaired) electrons. The molecule has 1 N–H and O–H groups in total. The summed E-state index contributed by atoms with van der Waals surface area (Å²) < 4.78 is 0. The fraction of sp³-hybridized carbons (Fsp3) is 0.727. The second kappa shape index (κ2) is 6.60. The van der Waals surface area contributed by atoms with E-state index >= 15 is 0 Å². The molecule has 0 saturated carbocycles. The molecule has 0 aliphatic carbocycles. The van der Waals surface area contributed by atoms with Crippen molar-refractivity contribution in [2.45, 2.75) is 33.2 Å². The molecule has 1 unspecified atom stereocenters. The Balaban J connectivity index is 4.41. The Morgan fingerprint density at radius 3 is 2.43 bits per heavy atom. The lowest BCUT2D eigenvalue weighted by molar-refractivity contribution is -0.139. The lowest BCUT2D eigenvalue weighted by Crippen LogP contribution is -2.41. The van der Waals surface area contributed by atoms with Crippen molar-refractivity contribution >= 4 is 5.97 Å². The van der Waals surface area contributed by atoms with Crippen LogP contribution in [-0.4, -0.2) is 35.1 Å². The molecule has 0 spiro atoms. The third kappa shape index (κ3) is 4.42. The Kier molecular flexibility index (Phi) is 6.21. The number of aliphatic carboxylic acids is 1. The van der Waals surface area contributed by atoms with Crippen LogP contribution in [0.2, 0.25) is 0 Å². The molecule has 0 bridgehead atoms. The van der Waals surface area contributed by atoms with E-state index in [-0.39, 0.29) is 6.54 Å². The van der Waals surface area contributed by atoms with Crippen molar-refractivity contribution in [3.63, 3.8) is 0 Å². The van der Waals surface area contributed by atoms with Crippen LogP contribution in [0.25, 0.3) is 0 Å². The summed E-state index contributed by atoms with van der Waals surface area (Å²) in [7, 11) is 0. The van der Waals surface area contributed by atoms with Gasteiger partial charge in [-0.3, -0.25) is 9.69 Å². The molecule has 3 nitrogen and oxygen atoms in total. The normalized spacial score (nSPS) is 13.2. The van der Waals surface area contributed by atoms with Crippen LogP contribution in [0.1, 0.15) is 27.2 Å². The van der Waals surface area contributed by atoms with Gasteiger partial charge in [-0.25, -0.2) is 0 Å². The van der Waals surface area contributed by atoms with Gasteiger partial charge in [0, 0.05) is 12.6 Å². The van der Waals surface area contributed by atoms with Crippen molar-refractivity contribution in [3.8, 4) is 0 Å². The molecule has 0 rings (SSSR count). The van der Waals surface area contributed by atoms with Crippen LogP contribution in [0.5, 0.6) is 0 Å². The molecule has 0 aromatic rings. The summed E-state index contributed by atoms with van der Waals surface area (Å²) in [4.78, 5) is 12.6. The molecule has 3 heteroatoms. The maximum Gasteiger partial charge on any atom is 0.317 e. The highest BCUT2D eigenvalue weighted by molar-refractivity contribution is 5.69. The summed E-state index contributed by atoms with van der Waals surface area (Å²) in [6.07, 6.45) is 2.73. The summed E-state index contributed by atoms with van der Waals surface area (Å²) in [5.74, 6) is -0.301. The fourth-order valence-electron chi connectivity index (χ4n) is 1.81. The summed E-state index contributed by atoms with van der Waals surface area (Å²) in [6, 6.07) is 0.323. The smallest absolute Gasteiger partial charge is 0.317 e. The van der Waals surface area contributed by atoms with E-state index in [2.05, 4.69) is 27.4 Å². The number of nitrogens with zero attached hydrogens (tertiary/aromatic N) is 1. The van der Waals surface area contributed by atoms with Gasteiger partial charge in [-0.1, -0.05) is 26.8 Å². The first-order chi connectivity index (χ1) is 6.52. The van der Waals surface area contributed by atoms with Crippen LogP contribution in [0.15, 0.2) is 12.7 Å². The Bertz CT molecular complexity index is 190. The van der Waals surface area contributed by atoms with E-state index < -0.39 is 5.97 Å². The van der Waals surface area contributed by atoms with Crippen molar-refractivity contribution in [3.05, 3.63) is 12.7 Å². The van der Waals surface area contributed by atoms with E-state index in [1.54, 1.807) is 6.08 Å². The number of carbonyl (C=O) groups is 1. The predicted molar refractivity (Wildman–Crippen MR) is 58.3 cm³/mol. The number of hydrogen-bond acceptors (Lipinski definition) is 2. The lowest BCUT2D eigenvalue weighted by atomic mass is 10.00. The Hall–Kier alpha value is -0.830.